The number of hydrogen-bond acceptors (Lipinski definition) is 3. The predicted octanol–water partition coefficient (Wildman–Crippen LogP) is 1.55. The first-order valence-corrected chi connectivity index (χ1v) is 6.39. The summed E-state index contributed by atoms with van der Waals surface area (Å²) in [5.41, 5.74) is 5.26. The van der Waals surface area contributed by atoms with Gasteiger partial charge in [-0.05, 0) is 11.5 Å². The zero-order chi connectivity index (χ0) is 16.2. The third-order valence-corrected chi connectivity index (χ3v) is 3.10. The average molecular weight is 300 g/mol. The van der Waals surface area contributed by atoms with Crippen molar-refractivity contribution in [1.82, 2.24) is 5.32 Å². The number of rotatable bonds is 7. The summed E-state index contributed by atoms with van der Waals surface area (Å²) >= 11 is 0. The number of carbonyl (C=O) groups excluding carboxylic acids is 1. The number of carboxylic acid groups (broad SMARTS) is 1. The van der Waals surface area contributed by atoms with Crippen molar-refractivity contribution in [2.24, 2.45) is 11.7 Å². The lowest BCUT2D eigenvalue weighted by Gasteiger charge is -2.30. The number of halogens is 2. The van der Waals surface area contributed by atoms with Gasteiger partial charge in [-0.25, -0.2) is 4.79 Å². The Labute approximate surface area is 121 Å². The van der Waals surface area contributed by atoms with Crippen molar-refractivity contribution in [2.45, 2.75) is 31.9 Å². The Morgan fingerprint density at radius 3 is 2.14 bits per heavy atom. The zero-order valence-corrected chi connectivity index (χ0v) is 11.7. The zero-order valence-electron chi connectivity index (χ0n) is 11.7. The molecule has 5 nitrogen and oxygen atoms in total. The van der Waals surface area contributed by atoms with E-state index in [1.807, 2.05) is 0 Å². The molecule has 0 saturated heterocycles. The molecule has 1 rings (SSSR count). The van der Waals surface area contributed by atoms with Gasteiger partial charge in [0, 0.05) is 0 Å². The van der Waals surface area contributed by atoms with Gasteiger partial charge >= 0.3 is 11.9 Å². The van der Waals surface area contributed by atoms with Crippen LogP contribution >= 0.6 is 0 Å². The van der Waals surface area contributed by atoms with Crippen LogP contribution in [0.1, 0.15) is 25.5 Å². The number of hydrogen-bond donors (Lipinski definition) is 3. The van der Waals surface area contributed by atoms with Gasteiger partial charge in [0.15, 0.2) is 0 Å². The summed E-state index contributed by atoms with van der Waals surface area (Å²) in [6, 6.07) is 4.46. The molecule has 0 spiro atoms. The van der Waals surface area contributed by atoms with Crippen LogP contribution in [0, 0.1) is 5.92 Å². The highest BCUT2D eigenvalue weighted by molar-refractivity contribution is 5.81. The third-order valence-electron chi connectivity index (χ3n) is 3.10. The van der Waals surface area contributed by atoms with E-state index in [2.05, 4.69) is 5.32 Å². The molecule has 0 bridgehead atoms. The van der Waals surface area contributed by atoms with Crippen molar-refractivity contribution in [3.05, 3.63) is 35.9 Å². The van der Waals surface area contributed by atoms with Crippen molar-refractivity contribution >= 4 is 11.9 Å². The number of carbonyl (C=O) groups is 2. The minimum Gasteiger partial charge on any atom is -0.477 e. The van der Waals surface area contributed by atoms with Gasteiger partial charge in [0.2, 0.25) is 5.91 Å². The Morgan fingerprint density at radius 1 is 1.24 bits per heavy atom. The second kappa shape index (κ2) is 6.62. The monoisotopic (exact) mass is 300 g/mol. The standard InChI is InChI=1S/C14H18F2N2O3/c1-8(2)10(12(17)19)18-11(14(15,16)13(20)21)9-6-4-3-5-7-9/h3-8,10-11,18H,1-2H3,(H2,17,19)(H,20,21)/t10-,11?/m0/s1. The molecule has 0 aliphatic heterocycles. The Bertz CT molecular complexity index is 506. The minimum atomic E-state index is -4.08. The summed E-state index contributed by atoms with van der Waals surface area (Å²) in [7, 11) is 0. The van der Waals surface area contributed by atoms with Crippen LogP contribution in [-0.4, -0.2) is 28.9 Å². The maximum absolute atomic E-state index is 14.0. The first kappa shape index (κ1) is 17.0. The van der Waals surface area contributed by atoms with E-state index in [0.29, 0.717) is 0 Å². The van der Waals surface area contributed by atoms with Gasteiger partial charge in [0.1, 0.15) is 6.04 Å². The van der Waals surface area contributed by atoms with Crippen molar-refractivity contribution < 1.29 is 23.5 Å². The molecule has 0 fully saturated rings. The van der Waals surface area contributed by atoms with Gasteiger partial charge in [0.25, 0.3) is 0 Å². The predicted molar refractivity (Wildman–Crippen MR) is 72.7 cm³/mol. The lowest BCUT2D eigenvalue weighted by molar-refractivity contribution is -0.170. The molecule has 0 aliphatic carbocycles. The van der Waals surface area contributed by atoms with Crippen LogP contribution < -0.4 is 11.1 Å². The smallest absolute Gasteiger partial charge is 0.376 e. The van der Waals surface area contributed by atoms with Gasteiger partial charge in [-0.15, -0.1) is 0 Å². The van der Waals surface area contributed by atoms with Crippen molar-refractivity contribution in [2.75, 3.05) is 0 Å². The molecule has 7 heteroatoms. The Hall–Kier alpha value is -2.02. The molecule has 0 heterocycles. The molecule has 1 aromatic rings. The fraction of sp³-hybridized carbons (Fsp3) is 0.429. The lowest BCUT2D eigenvalue weighted by atomic mass is 9.96. The van der Waals surface area contributed by atoms with Crippen molar-refractivity contribution in [1.29, 1.82) is 0 Å². The van der Waals surface area contributed by atoms with Gasteiger partial charge in [-0.2, -0.15) is 8.78 Å². The fourth-order valence-corrected chi connectivity index (χ4v) is 1.96. The van der Waals surface area contributed by atoms with Crippen LogP contribution in [-0.2, 0) is 9.59 Å². The summed E-state index contributed by atoms with van der Waals surface area (Å²) in [4.78, 5) is 22.2. The Morgan fingerprint density at radius 2 is 1.76 bits per heavy atom. The maximum atomic E-state index is 14.0. The first-order chi connectivity index (χ1) is 9.67. The summed E-state index contributed by atoms with van der Waals surface area (Å²) in [6.45, 7) is 3.26. The van der Waals surface area contributed by atoms with E-state index in [1.165, 1.54) is 24.3 Å². The molecular weight excluding hydrogens is 282 g/mol. The van der Waals surface area contributed by atoms with Crippen LogP contribution in [0.15, 0.2) is 30.3 Å². The normalized spacial score (nSPS) is 14.7. The summed E-state index contributed by atoms with van der Waals surface area (Å²) in [5.74, 6) is -7.52. The second-order valence-corrected chi connectivity index (χ2v) is 5.06. The largest absolute Gasteiger partial charge is 0.477 e. The Kier molecular flexibility index (Phi) is 5.37. The van der Waals surface area contributed by atoms with E-state index >= 15 is 0 Å². The SMILES string of the molecule is CC(C)[C@H](NC(c1ccccc1)C(F)(F)C(=O)O)C(N)=O. The van der Waals surface area contributed by atoms with Crippen molar-refractivity contribution in [3.8, 4) is 0 Å². The number of amides is 1. The molecule has 21 heavy (non-hydrogen) atoms. The van der Waals surface area contributed by atoms with Crippen LogP contribution in [0.25, 0.3) is 0 Å². The molecule has 1 unspecified atom stereocenters. The van der Waals surface area contributed by atoms with E-state index in [9.17, 15) is 18.4 Å². The summed E-state index contributed by atoms with van der Waals surface area (Å²) in [6.07, 6.45) is 0. The molecule has 0 aliphatic rings. The van der Waals surface area contributed by atoms with E-state index in [-0.39, 0.29) is 11.5 Å². The van der Waals surface area contributed by atoms with Crippen LogP contribution in [0.2, 0.25) is 0 Å². The number of aliphatic carboxylic acids is 1. The molecule has 116 valence electrons. The lowest BCUT2D eigenvalue weighted by Crippen LogP contribution is -2.52. The highest BCUT2D eigenvalue weighted by Gasteiger charge is 2.49. The number of carboxylic acids is 1. The molecule has 0 radical (unpaired) electrons. The number of nitrogens with two attached hydrogens (primary N) is 1. The molecule has 1 aromatic carbocycles. The van der Waals surface area contributed by atoms with Crippen LogP contribution in [0.4, 0.5) is 8.78 Å². The number of benzene rings is 1. The molecule has 0 saturated carbocycles. The van der Waals surface area contributed by atoms with Gasteiger partial charge in [0.05, 0.1) is 6.04 Å². The van der Waals surface area contributed by atoms with Crippen LogP contribution in [0.3, 0.4) is 0 Å². The van der Waals surface area contributed by atoms with Gasteiger partial charge in [-0.1, -0.05) is 44.2 Å². The van der Waals surface area contributed by atoms with E-state index < -0.39 is 29.9 Å². The molecule has 4 N–H and O–H groups in total. The highest BCUT2D eigenvalue weighted by atomic mass is 19.3. The molecule has 2 atom stereocenters. The topological polar surface area (TPSA) is 92.4 Å². The van der Waals surface area contributed by atoms with Crippen LogP contribution in [0.5, 0.6) is 0 Å². The Balaban J connectivity index is 3.21. The molecule has 1 amide bonds. The first-order valence-electron chi connectivity index (χ1n) is 6.39. The average Bonchev–Trinajstić information content (AvgIpc) is 2.39. The number of alkyl halides is 2. The van der Waals surface area contributed by atoms with E-state index in [0.717, 1.165) is 0 Å². The van der Waals surface area contributed by atoms with Crippen molar-refractivity contribution in [3.63, 3.8) is 0 Å². The number of nitrogens with one attached hydrogen (secondary N) is 1. The highest BCUT2D eigenvalue weighted by Crippen LogP contribution is 2.32. The van der Waals surface area contributed by atoms with Gasteiger partial charge in [-0.3, -0.25) is 10.1 Å². The fourth-order valence-electron chi connectivity index (χ4n) is 1.96. The van der Waals surface area contributed by atoms with E-state index in [1.54, 1.807) is 19.9 Å². The van der Waals surface area contributed by atoms with Gasteiger partial charge < -0.3 is 10.8 Å². The number of primary amides is 1. The van der Waals surface area contributed by atoms with E-state index in [4.69, 9.17) is 10.8 Å². The summed E-state index contributed by atoms with van der Waals surface area (Å²) in [5, 5.41) is 11.1. The minimum absolute atomic E-state index is 0.0665. The maximum Gasteiger partial charge on any atom is 0.376 e. The molecular formula is C14H18F2N2O3. The second-order valence-electron chi connectivity index (χ2n) is 5.06. The third kappa shape index (κ3) is 3.98. The summed E-state index contributed by atoms with van der Waals surface area (Å²) < 4.78 is 27.9. The quantitative estimate of drug-likeness (QED) is 0.712. The molecule has 0 aromatic heterocycles.